The zero-order chi connectivity index (χ0) is 12.3. The number of aromatic nitrogens is 1. The van der Waals surface area contributed by atoms with E-state index in [2.05, 4.69) is 5.32 Å². The summed E-state index contributed by atoms with van der Waals surface area (Å²) >= 11 is 1.23. The number of nitrogens with one attached hydrogen (secondary N) is 2. The molecule has 4 nitrogen and oxygen atoms in total. The summed E-state index contributed by atoms with van der Waals surface area (Å²) in [7, 11) is 0. The van der Waals surface area contributed by atoms with Crippen molar-refractivity contribution in [3.8, 4) is 0 Å². The van der Waals surface area contributed by atoms with Crippen LogP contribution >= 0.6 is 23.7 Å². The van der Waals surface area contributed by atoms with Gasteiger partial charge in [0.1, 0.15) is 12.4 Å². The summed E-state index contributed by atoms with van der Waals surface area (Å²) in [5, 5.41) is 11.7. The summed E-state index contributed by atoms with van der Waals surface area (Å²) in [5.74, 6) is -0.825. The molecule has 0 saturated heterocycles. The first kappa shape index (κ1) is 14.4. The van der Waals surface area contributed by atoms with E-state index >= 15 is 0 Å². The smallest absolute Gasteiger partial charge is 0.244 e. The normalized spacial score (nSPS) is 9.61. The van der Waals surface area contributed by atoms with E-state index in [0.717, 1.165) is 0 Å². The molecule has 0 atom stereocenters. The standard InChI is InChI=1S/C11H10FN3OS.ClH/c12-8-3-1-2-4-9(8)14-10(16)7-15-5-6-17-11(15)13;/h1-6,13H,7H2,(H,14,16);1H. The zero-order valence-electron chi connectivity index (χ0n) is 9.22. The van der Waals surface area contributed by atoms with Gasteiger partial charge in [0.05, 0.1) is 5.69 Å². The summed E-state index contributed by atoms with van der Waals surface area (Å²) < 4.78 is 14.7. The Kier molecular flexibility index (Phi) is 5.06. The number of thiazole rings is 1. The number of carbonyl (C=O) groups is 1. The second-order valence-corrected chi connectivity index (χ2v) is 4.26. The number of halogens is 2. The number of anilines is 1. The topological polar surface area (TPSA) is 57.9 Å². The van der Waals surface area contributed by atoms with Crippen LogP contribution in [0.4, 0.5) is 10.1 Å². The molecule has 0 spiro atoms. The number of para-hydroxylation sites is 1. The Morgan fingerprint density at radius 3 is 2.78 bits per heavy atom. The molecule has 0 fully saturated rings. The lowest BCUT2D eigenvalue weighted by molar-refractivity contribution is -0.116. The van der Waals surface area contributed by atoms with Crippen molar-refractivity contribution >= 4 is 35.3 Å². The molecule has 0 aliphatic carbocycles. The van der Waals surface area contributed by atoms with E-state index in [1.54, 1.807) is 23.7 Å². The van der Waals surface area contributed by atoms with Crippen LogP contribution in [0.1, 0.15) is 0 Å². The van der Waals surface area contributed by atoms with Crippen LogP contribution in [0.2, 0.25) is 0 Å². The summed E-state index contributed by atoms with van der Waals surface area (Å²) in [6, 6.07) is 5.98. The molecule has 96 valence electrons. The maximum atomic E-state index is 13.3. The van der Waals surface area contributed by atoms with Gasteiger partial charge in [-0.2, -0.15) is 0 Å². The third kappa shape index (κ3) is 3.41. The Hall–Kier alpha value is -1.66. The fourth-order valence-corrected chi connectivity index (χ4v) is 1.93. The Morgan fingerprint density at radius 1 is 1.44 bits per heavy atom. The summed E-state index contributed by atoms with van der Waals surface area (Å²) in [6.45, 7) is 0.0106. The van der Waals surface area contributed by atoms with Crippen LogP contribution in [0.25, 0.3) is 0 Å². The molecule has 0 saturated carbocycles. The van der Waals surface area contributed by atoms with Gasteiger partial charge in [0.15, 0.2) is 4.80 Å². The van der Waals surface area contributed by atoms with E-state index in [-0.39, 0.29) is 35.3 Å². The average molecular weight is 288 g/mol. The number of hydrogen-bond donors (Lipinski definition) is 2. The molecule has 0 radical (unpaired) electrons. The van der Waals surface area contributed by atoms with Crippen molar-refractivity contribution in [2.45, 2.75) is 6.54 Å². The Labute approximate surface area is 113 Å². The minimum Gasteiger partial charge on any atom is -0.322 e. The second-order valence-electron chi connectivity index (χ2n) is 3.36. The Balaban J connectivity index is 0.00000162. The van der Waals surface area contributed by atoms with E-state index in [0.29, 0.717) is 0 Å². The van der Waals surface area contributed by atoms with Crippen molar-refractivity contribution in [1.82, 2.24) is 4.57 Å². The monoisotopic (exact) mass is 287 g/mol. The summed E-state index contributed by atoms with van der Waals surface area (Å²) in [5.41, 5.74) is 0.153. The molecule has 2 rings (SSSR count). The van der Waals surface area contributed by atoms with Crippen LogP contribution < -0.4 is 10.1 Å². The molecule has 1 aromatic heterocycles. The molecular formula is C11H11ClFN3OS. The first-order valence-corrected chi connectivity index (χ1v) is 5.77. The molecule has 0 aliphatic rings. The van der Waals surface area contributed by atoms with Crippen molar-refractivity contribution in [3.63, 3.8) is 0 Å². The van der Waals surface area contributed by atoms with Crippen molar-refractivity contribution < 1.29 is 9.18 Å². The van der Waals surface area contributed by atoms with Gasteiger partial charge in [-0.15, -0.1) is 23.7 Å². The van der Waals surface area contributed by atoms with E-state index in [1.165, 1.54) is 28.0 Å². The van der Waals surface area contributed by atoms with Gasteiger partial charge in [0, 0.05) is 11.6 Å². The lowest BCUT2D eigenvalue weighted by Crippen LogP contribution is -2.24. The Bertz CT molecular complexity index is 596. The highest BCUT2D eigenvalue weighted by molar-refractivity contribution is 7.06. The third-order valence-electron chi connectivity index (χ3n) is 2.14. The highest BCUT2D eigenvalue weighted by atomic mass is 35.5. The van der Waals surface area contributed by atoms with Gasteiger partial charge >= 0.3 is 0 Å². The summed E-state index contributed by atoms with van der Waals surface area (Å²) in [6.07, 6.45) is 1.65. The van der Waals surface area contributed by atoms with Crippen LogP contribution in [-0.4, -0.2) is 10.5 Å². The van der Waals surface area contributed by atoms with E-state index in [1.807, 2.05) is 0 Å². The van der Waals surface area contributed by atoms with Crippen molar-refractivity contribution in [2.24, 2.45) is 0 Å². The van der Waals surface area contributed by atoms with E-state index in [9.17, 15) is 9.18 Å². The van der Waals surface area contributed by atoms with Crippen molar-refractivity contribution in [2.75, 3.05) is 5.32 Å². The fraction of sp³-hybridized carbons (Fsp3) is 0.0909. The fourth-order valence-electron chi connectivity index (χ4n) is 1.34. The number of nitrogens with zero attached hydrogens (tertiary/aromatic N) is 1. The second kappa shape index (κ2) is 6.32. The molecule has 1 aromatic carbocycles. The minimum absolute atomic E-state index is 0. The summed E-state index contributed by atoms with van der Waals surface area (Å²) in [4.78, 5) is 11.9. The predicted molar refractivity (Wildman–Crippen MR) is 70.4 cm³/mol. The van der Waals surface area contributed by atoms with Gasteiger partial charge in [-0.3, -0.25) is 10.2 Å². The molecule has 0 unspecified atom stereocenters. The SMILES string of the molecule is Cl.N=c1sccn1CC(=O)Nc1ccccc1F. The molecular weight excluding hydrogens is 277 g/mol. The van der Waals surface area contributed by atoms with Crippen LogP contribution in [0.15, 0.2) is 35.8 Å². The highest BCUT2D eigenvalue weighted by Crippen LogP contribution is 2.12. The van der Waals surface area contributed by atoms with Crippen LogP contribution in [0.5, 0.6) is 0 Å². The maximum Gasteiger partial charge on any atom is 0.244 e. The number of amides is 1. The molecule has 2 N–H and O–H groups in total. The molecule has 7 heteroatoms. The van der Waals surface area contributed by atoms with Gasteiger partial charge in [-0.25, -0.2) is 4.39 Å². The van der Waals surface area contributed by atoms with Crippen molar-refractivity contribution in [3.05, 3.63) is 46.5 Å². The van der Waals surface area contributed by atoms with E-state index < -0.39 is 5.82 Å². The van der Waals surface area contributed by atoms with Gasteiger partial charge < -0.3 is 9.88 Å². The number of rotatable bonds is 3. The number of hydrogen-bond acceptors (Lipinski definition) is 3. The van der Waals surface area contributed by atoms with E-state index in [4.69, 9.17) is 5.41 Å². The quantitative estimate of drug-likeness (QED) is 0.893. The van der Waals surface area contributed by atoms with Crippen LogP contribution in [0.3, 0.4) is 0 Å². The minimum atomic E-state index is -0.470. The predicted octanol–water partition coefficient (Wildman–Crippen LogP) is 2.23. The zero-order valence-corrected chi connectivity index (χ0v) is 10.9. The largest absolute Gasteiger partial charge is 0.322 e. The highest BCUT2D eigenvalue weighted by Gasteiger charge is 2.07. The first-order valence-electron chi connectivity index (χ1n) is 4.90. The lowest BCUT2D eigenvalue weighted by Gasteiger charge is -2.06. The van der Waals surface area contributed by atoms with Gasteiger partial charge in [-0.05, 0) is 12.1 Å². The van der Waals surface area contributed by atoms with Gasteiger partial charge in [-0.1, -0.05) is 12.1 Å². The molecule has 0 bridgehead atoms. The molecule has 2 aromatic rings. The van der Waals surface area contributed by atoms with Crippen LogP contribution in [0, 0.1) is 11.2 Å². The van der Waals surface area contributed by atoms with Crippen LogP contribution in [-0.2, 0) is 11.3 Å². The number of benzene rings is 1. The maximum absolute atomic E-state index is 13.3. The molecule has 1 amide bonds. The average Bonchev–Trinajstić information content (AvgIpc) is 2.68. The lowest BCUT2D eigenvalue weighted by atomic mass is 10.3. The molecule has 1 heterocycles. The third-order valence-corrected chi connectivity index (χ3v) is 2.86. The van der Waals surface area contributed by atoms with Gasteiger partial charge in [0.2, 0.25) is 5.91 Å². The number of carbonyl (C=O) groups excluding carboxylic acids is 1. The van der Waals surface area contributed by atoms with Crippen molar-refractivity contribution in [1.29, 1.82) is 5.41 Å². The van der Waals surface area contributed by atoms with Gasteiger partial charge in [0.25, 0.3) is 0 Å². The first-order chi connectivity index (χ1) is 8.16. The molecule has 18 heavy (non-hydrogen) atoms. The Morgan fingerprint density at radius 2 is 2.17 bits per heavy atom. The molecule has 0 aliphatic heterocycles.